The molecule has 0 spiro atoms. The monoisotopic (exact) mass is 418 g/mol. The summed E-state index contributed by atoms with van der Waals surface area (Å²) < 4.78 is 41.5. The second-order valence-corrected chi connectivity index (χ2v) is 7.00. The number of nitrogens with one attached hydrogen (secondary N) is 1. The zero-order valence-corrected chi connectivity index (χ0v) is 16.3. The van der Waals surface area contributed by atoms with Crippen LogP contribution < -0.4 is 5.32 Å². The van der Waals surface area contributed by atoms with Crippen molar-refractivity contribution in [1.29, 1.82) is 0 Å². The molecule has 3 aromatic rings. The van der Waals surface area contributed by atoms with Crippen LogP contribution in [0.2, 0.25) is 5.02 Å². The van der Waals surface area contributed by atoms with Crippen molar-refractivity contribution >= 4 is 23.2 Å². The molecule has 3 nitrogen and oxygen atoms in total. The Balaban J connectivity index is 1.92. The van der Waals surface area contributed by atoms with Crippen LogP contribution in [0.1, 0.15) is 36.0 Å². The third-order valence-electron chi connectivity index (χ3n) is 4.58. The molecule has 0 saturated heterocycles. The van der Waals surface area contributed by atoms with Crippen molar-refractivity contribution in [3.8, 4) is 0 Å². The van der Waals surface area contributed by atoms with E-state index in [-0.39, 0.29) is 12.1 Å². The zero-order valence-electron chi connectivity index (χ0n) is 15.6. The molecule has 3 rings (SSSR count). The minimum atomic E-state index is -0.734. The van der Waals surface area contributed by atoms with Gasteiger partial charge in [-0.3, -0.25) is 9.78 Å². The van der Waals surface area contributed by atoms with Crippen molar-refractivity contribution in [3.63, 3.8) is 0 Å². The van der Waals surface area contributed by atoms with Gasteiger partial charge in [0.25, 0.3) is 0 Å². The van der Waals surface area contributed by atoms with Crippen molar-refractivity contribution in [2.24, 2.45) is 0 Å². The van der Waals surface area contributed by atoms with E-state index in [9.17, 15) is 18.0 Å². The quantitative estimate of drug-likeness (QED) is 0.543. The molecule has 150 valence electrons. The minimum absolute atomic E-state index is 0.107. The Labute approximate surface area is 171 Å². The highest BCUT2D eigenvalue weighted by atomic mass is 35.5. The Morgan fingerprint density at radius 3 is 2.31 bits per heavy atom. The van der Waals surface area contributed by atoms with Gasteiger partial charge >= 0.3 is 0 Å². The minimum Gasteiger partial charge on any atom is -0.324 e. The van der Waals surface area contributed by atoms with Gasteiger partial charge in [0, 0.05) is 29.0 Å². The fraction of sp³-hybridized carbons (Fsp3) is 0.182. The molecule has 1 heterocycles. The molecule has 0 radical (unpaired) electrons. The van der Waals surface area contributed by atoms with Gasteiger partial charge in [0.2, 0.25) is 5.91 Å². The van der Waals surface area contributed by atoms with Gasteiger partial charge < -0.3 is 5.32 Å². The third kappa shape index (κ3) is 5.15. The highest BCUT2D eigenvalue weighted by Crippen LogP contribution is 2.31. The SMILES string of the molecule is CCc1c(F)cncc1NC(=O)CC(c1ccc(Cl)cc1)c1cc(F)cc(F)c1. The molecule has 1 aromatic heterocycles. The Morgan fingerprint density at radius 1 is 1.03 bits per heavy atom. The number of benzene rings is 2. The van der Waals surface area contributed by atoms with E-state index < -0.39 is 29.3 Å². The second-order valence-electron chi connectivity index (χ2n) is 6.56. The summed E-state index contributed by atoms with van der Waals surface area (Å²) in [5.41, 5.74) is 1.60. The average Bonchev–Trinajstić information content (AvgIpc) is 2.66. The van der Waals surface area contributed by atoms with Crippen LogP contribution >= 0.6 is 11.6 Å². The number of carbonyl (C=O) groups is 1. The fourth-order valence-electron chi connectivity index (χ4n) is 3.21. The van der Waals surface area contributed by atoms with E-state index in [0.29, 0.717) is 28.1 Å². The maximum absolute atomic E-state index is 13.9. The maximum Gasteiger partial charge on any atom is 0.225 e. The van der Waals surface area contributed by atoms with Crippen molar-refractivity contribution in [2.75, 3.05) is 5.32 Å². The van der Waals surface area contributed by atoms with Gasteiger partial charge in [-0.05, 0) is 41.8 Å². The molecular weight excluding hydrogens is 401 g/mol. The number of halogens is 4. The molecule has 1 amide bonds. The molecule has 0 aliphatic rings. The maximum atomic E-state index is 13.9. The summed E-state index contributed by atoms with van der Waals surface area (Å²) in [5.74, 6) is -3.03. The number of hydrogen-bond donors (Lipinski definition) is 1. The number of aromatic nitrogens is 1. The predicted molar refractivity (Wildman–Crippen MR) is 106 cm³/mol. The van der Waals surface area contributed by atoms with Gasteiger partial charge in [0.15, 0.2) is 0 Å². The Bertz CT molecular complexity index is 1000. The lowest BCUT2D eigenvalue weighted by molar-refractivity contribution is -0.116. The molecule has 1 unspecified atom stereocenters. The number of carbonyl (C=O) groups excluding carboxylic acids is 1. The Hall–Kier alpha value is -2.86. The largest absolute Gasteiger partial charge is 0.324 e. The third-order valence-corrected chi connectivity index (χ3v) is 4.83. The second kappa shape index (κ2) is 9.09. The molecule has 0 aliphatic heterocycles. The molecule has 29 heavy (non-hydrogen) atoms. The van der Waals surface area contributed by atoms with E-state index in [1.54, 1.807) is 31.2 Å². The van der Waals surface area contributed by atoms with Crippen LogP contribution in [0.4, 0.5) is 18.9 Å². The van der Waals surface area contributed by atoms with E-state index in [4.69, 9.17) is 11.6 Å². The summed E-state index contributed by atoms with van der Waals surface area (Å²) in [5, 5.41) is 3.16. The molecule has 7 heteroatoms. The topological polar surface area (TPSA) is 42.0 Å². The summed E-state index contributed by atoms with van der Waals surface area (Å²) in [6.07, 6.45) is 2.73. The lowest BCUT2D eigenvalue weighted by Gasteiger charge is -2.19. The van der Waals surface area contributed by atoms with E-state index in [2.05, 4.69) is 10.3 Å². The van der Waals surface area contributed by atoms with E-state index >= 15 is 0 Å². The highest BCUT2D eigenvalue weighted by molar-refractivity contribution is 6.30. The van der Waals surface area contributed by atoms with Crippen molar-refractivity contribution in [1.82, 2.24) is 4.98 Å². The van der Waals surface area contributed by atoms with E-state index in [1.165, 1.54) is 18.3 Å². The van der Waals surface area contributed by atoms with Crippen LogP contribution in [-0.4, -0.2) is 10.9 Å². The van der Waals surface area contributed by atoms with Crippen molar-refractivity contribution < 1.29 is 18.0 Å². The zero-order chi connectivity index (χ0) is 21.0. The van der Waals surface area contributed by atoms with E-state index in [0.717, 1.165) is 12.3 Å². The Kier molecular flexibility index (Phi) is 6.54. The van der Waals surface area contributed by atoms with Crippen LogP contribution in [0.5, 0.6) is 0 Å². The predicted octanol–water partition coefficient (Wildman–Crippen LogP) is 5.88. The van der Waals surface area contributed by atoms with E-state index in [1.807, 2.05) is 0 Å². The molecule has 0 fully saturated rings. The van der Waals surface area contributed by atoms with Gasteiger partial charge in [0.1, 0.15) is 17.5 Å². The summed E-state index contributed by atoms with van der Waals surface area (Å²) in [4.78, 5) is 16.5. The standard InChI is InChI=1S/C22H18ClF3N2O/c1-2-18-20(26)11-27-12-21(18)28-22(29)10-19(13-3-5-15(23)6-4-13)14-7-16(24)9-17(25)8-14/h3-9,11-12,19H,2,10H2,1H3,(H,28,29). The molecule has 0 aliphatic carbocycles. The number of rotatable bonds is 6. The van der Waals surface area contributed by atoms with Gasteiger partial charge in [-0.15, -0.1) is 0 Å². The first-order valence-corrected chi connectivity index (χ1v) is 9.38. The molecular formula is C22H18ClF3N2O. The van der Waals surface area contributed by atoms with Crippen molar-refractivity contribution in [3.05, 3.63) is 94.0 Å². The first kappa shape index (κ1) is 20.9. The van der Waals surface area contributed by atoms with Gasteiger partial charge in [-0.2, -0.15) is 0 Å². The molecule has 2 aromatic carbocycles. The lowest BCUT2D eigenvalue weighted by Crippen LogP contribution is -2.18. The Morgan fingerprint density at radius 2 is 1.69 bits per heavy atom. The van der Waals surface area contributed by atoms with Gasteiger partial charge in [-0.1, -0.05) is 30.7 Å². The molecule has 0 bridgehead atoms. The van der Waals surface area contributed by atoms with Crippen LogP contribution in [-0.2, 0) is 11.2 Å². The fourth-order valence-corrected chi connectivity index (χ4v) is 3.34. The lowest BCUT2D eigenvalue weighted by atomic mass is 9.88. The average molecular weight is 419 g/mol. The van der Waals surface area contributed by atoms with Crippen LogP contribution in [0, 0.1) is 17.5 Å². The van der Waals surface area contributed by atoms with Crippen LogP contribution in [0.15, 0.2) is 54.9 Å². The van der Waals surface area contributed by atoms with Gasteiger partial charge in [0.05, 0.1) is 18.1 Å². The first-order chi connectivity index (χ1) is 13.9. The number of amides is 1. The molecule has 0 saturated carbocycles. The summed E-state index contributed by atoms with van der Waals surface area (Å²) in [6, 6.07) is 9.84. The van der Waals surface area contributed by atoms with Gasteiger partial charge in [-0.25, -0.2) is 13.2 Å². The summed E-state index contributed by atoms with van der Waals surface area (Å²) in [6.45, 7) is 1.76. The number of pyridine rings is 1. The van der Waals surface area contributed by atoms with Crippen molar-refractivity contribution in [2.45, 2.75) is 25.7 Å². The summed E-state index contributed by atoms with van der Waals surface area (Å²) >= 11 is 5.93. The first-order valence-electron chi connectivity index (χ1n) is 9.01. The highest BCUT2D eigenvalue weighted by Gasteiger charge is 2.21. The smallest absolute Gasteiger partial charge is 0.225 e. The van der Waals surface area contributed by atoms with Crippen LogP contribution in [0.25, 0.3) is 0 Å². The number of anilines is 1. The summed E-state index contributed by atoms with van der Waals surface area (Å²) in [7, 11) is 0. The normalized spacial score (nSPS) is 11.9. The number of nitrogens with zero attached hydrogens (tertiary/aromatic N) is 1. The molecule has 1 N–H and O–H groups in total. The van der Waals surface area contributed by atoms with Crippen LogP contribution in [0.3, 0.4) is 0 Å². The molecule has 1 atom stereocenters. The number of hydrogen-bond acceptors (Lipinski definition) is 2.